The van der Waals surface area contributed by atoms with Crippen LogP contribution in [0.2, 0.25) is 0 Å². The second-order valence-corrected chi connectivity index (χ2v) is 1.49. The number of methoxy groups -OCH3 is 1. The van der Waals surface area contributed by atoms with Gasteiger partial charge < -0.3 is 9.47 Å². The van der Waals surface area contributed by atoms with E-state index >= 15 is 0 Å². The van der Waals surface area contributed by atoms with E-state index in [9.17, 15) is 0 Å². The molecule has 0 saturated carbocycles. The number of ether oxygens (including phenoxy) is 2. The highest BCUT2D eigenvalue weighted by Crippen LogP contribution is 2.00. The summed E-state index contributed by atoms with van der Waals surface area (Å²) in [7, 11) is 1.66. The normalized spacial score (nSPS) is 18.6. The average Bonchev–Trinajstić information content (AvgIpc) is 1.90. The smallest absolute Gasteiger partial charge is 0.0998 e. The van der Waals surface area contributed by atoms with Crippen LogP contribution in [0.25, 0.3) is 0 Å². The maximum Gasteiger partial charge on any atom is 0.0998 e. The molecule has 0 saturated heterocycles. The molecule has 2 heteroatoms. The minimum atomic E-state index is 0.101. The molecule has 0 aromatic carbocycles. The van der Waals surface area contributed by atoms with Gasteiger partial charge in [0.15, 0.2) is 0 Å². The van der Waals surface area contributed by atoms with Gasteiger partial charge in [-0.3, -0.25) is 0 Å². The molecule has 1 rings (SSSR count). The quantitative estimate of drug-likeness (QED) is 0.505. The van der Waals surface area contributed by atoms with Crippen molar-refractivity contribution in [3.8, 4) is 0 Å². The SMILES string of the molecule is COC1C=COC=C1. The predicted molar refractivity (Wildman–Crippen MR) is 30.2 cm³/mol. The summed E-state index contributed by atoms with van der Waals surface area (Å²) in [6, 6.07) is 0. The summed E-state index contributed by atoms with van der Waals surface area (Å²) in [5.74, 6) is 0. The zero-order valence-corrected chi connectivity index (χ0v) is 4.70. The van der Waals surface area contributed by atoms with Crippen LogP contribution in [-0.4, -0.2) is 13.2 Å². The van der Waals surface area contributed by atoms with E-state index < -0.39 is 0 Å². The Morgan fingerprint density at radius 3 is 2.38 bits per heavy atom. The molecular formula is C6H8O2. The maximum atomic E-state index is 4.94. The van der Waals surface area contributed by atoms with Gasteiger partial charge in [-0.25, -0.2) is 0 Å². The van der Waals surface area contributed by atoms with Crippen LogP contribution in [0.15, 0.2) is 24.7 Å². The monoisotopic (exact) mass is 112 g/mol. The van der Waals surface area contributed by atoms with Crippen LogP contribution in [0.5, 0.6) is 0 Å². The summed E-state index contributed by atoms with van der Waals surface area (Å²) in [5, 5.41) is 0. The van der Waals surface area contributed by atoms with Gasteiger partial charge in [0.2, 0.25) is 0 Å². The van der Waals surface area contributed by atoms with Crippen LogP contribution in [0, 0.1) is 0 Å². The fraction of sp³-hybridized carbons (Fsp3) is 0.333. The fourth-order valence-electron chi connectivity index (χ4n) is 0.512. The third-order valence-electron chi connectivity index (χ3n) is 0.966. The Labute approximate surface area is 48.4 Å². The molecule has 0 amide bonds. The van der Waals surface area contributed by atoms with E-state index in [0.29, 0.717) is 0 Å². The summed E-state index contributed by atoms with van der Waals surface area (Å²) in [6.45, 7) is 0. The minimum absolute atomic E-state index is 0.101. The van der Waals surface area contributed by atoms with Crippen LogP contribution in [0.3, 0.4) is 0 Å². The first-order valence-electron chi connectivity index (χ1n) is 2.45. The van der Waals surface area contributed by atoms with Crippen LogP contribution in [0.1, 0.15) is 0 Å². The van der Waals surface area contributed by atoms with E-state index in [-0.39, 0.29) is 6.10 Å². The van der Waals surface area contributed by atoms with Gasteiger partial charge >= 0.3 is 0 Å². The molecule has 8 heavy (non-hydrogen) atoms. The highest BCUT2D eigenvalue weighted by molar-refractivity contribution is 5.02. The minimum Gasteiger partial charge on any atom is -0.473 e. The standard InChI is InChI=1S/C6H8O2/c1-7-6-2-4-8-5-3-6/h2-6H,1H3. The van der Waals surface area contributed by atoms with Gasteiger partial charge in [0.25, 0.3) is 0 Å². The van der Waals surface area contributed by atoms with Crippen molar-refractivity contribution in [2.75, 3.05) is 7.11 Å². The molecule has 0 aromatic rings. The van der Waals surface area contributed by atoms with Gasteiger partial charge in [-0.15, -0.1) is 0 Å². The van der Waals surface area contributed by atoms with Crippen molar-refractivity contribution in [1.29, 1.82) is 0 Å². The topological polar surface area (TPSA) is 18.5 Å². The average molecular weight is 112 g/mol. The molecule has 1 aliphatic heterocycles. The number of hydrogen-bond donors (Lipinski definition) is 0. The largest absolute Gasteiger partial charge is 0.473 e. The lowest BCUT2D eigenvalue weighted by molar-refractivity contribution is 0.167. The van der Waals surface area contributed by atoms with Crippen molar-refractivity contribution in [2.45, 2.75) is 6.10 Å². The Balaban J connectivity index is 2.42. The van der Waals surface area contributed by atoms with E-state index in [1.807, 2.05) is 12.2 Å². The third kappa shape index (κ3) is 1.10. The molecule has 0 radical (unpaired) electrons. The first kappa shape index (κ1) is 5.38. The summed E-state index contributed by atoms with van der Waals surface area (Å²) >= 11 is 0. The first-order chi connectivity index (χ1) is 3.93. The van der Waals surface area contributed by atoms with Crippen LogP contribution < -0.4 is 0 Å². The molecule has 0 fully saturated rings. The molecule has 0 aromatic heterocycles. The van der Waals surface area contributed by atoms with Crippen molar-refractivity contribution in [3.05, 3.63) is 24.7 Å². The number of rotatable bonds is 1. The van der Waals surface area contributed by atoms with E-state index in [1.165, 1.54) is 0 Å². The molecule has 44 valence electrons. The van der Waals surface area contributed by atoms with E-state index in [4.69, 9.17) is 9.47 Å². The zero-order chi connectivity index (χ0) is 5.82. The van der Waals surface area contributed by atoms with E-state index in [0.717, 1.165) is 0 Å². The molecule has 0 atom stereocenters. The lowest BCUT2D eigenvalue weighted by Gasteiger charge is -2.06. The molecule has 0 bridgehead atoms. The Hall–Kier alpha value is -0.760. The molecule has 0 aliphatic carbocycles. The van der Waals surface area contributed by atoms with Gasteiger partial charge in [0, 0.05) is 7.11 Å². The van der Waals surface area contributed by atoms with Gasteiger partial charge in [-0.2, -0.15) is 0 Å². The van der Waals surface area contributed by atoms with Crippen molar-refractivity contribution < 1.29 is 9.47 Å². The third-order valence-corrected chi connectivity index (χ3v) is 0.966. The van der Waals surface area contributed by atoms with Crippen molar-refractivity contribution in [3.63, 3.8) is 0 Å². The highest BCUT2D eigenvalue weighted by Gasteiger charge is 1.97. The second-order valence-electron chi connectivity index (χ2n) is 1.49. The van der Waals surface area contributed by atoms with E-state index in [2.05, 4.69) is 0 Å². The lowest BCUT2D eigenvalue weighted by atomic mass is 10.3. The Morgan fingerprint density at radius 1 is 1.38 bits per heavy atom. The summed E-state index contributed by atoms with van der Waals surface area (Å²) in [4.78, 5) is 0. The summed E-state index contributed by atoms with van der Waals surface area (Å²) in [6.07, 6.45) is 6.98. The second kappa shape index (κ2) is 2.52. The summed E-state index contributed by atoms with van der Waals surface area (Å²) < 4.78 is 9.70. The van der Waals surface area contributed by atoms with Crippen LogP contribution in [0.4, 0.5) is 0 Å². The van der Waals surface area contributed by atoms with Crippen molar-refractivity contribution in [2.24, 2.45) is 0 Å². The predicted octanol–water partition coefficient (Wildman–Crippen LogP) is 1.06. The zero-order valence-electron chi connectivity index (χ0n) is 4.70. The fourth-order valence-corrected chi connectivity index (χ4v) is 0.512. The van der Waals surface area contributed by atoms with Gasteiger partial charge in [0.05, 0.1) is 18.6 Å². The van der Waals surface area contributed by atoms with Gasteiger partial charge in [-0.05, 0) is 12.2 Å². The van der Waals surface area contributed by atoms with Gasteiger partial charge in [-0.1, -0.05) is 0 Å². The Morgan fingerprint density at radius 2 is 2.00 bits per heavy atom. The lowest BCUT2D eigenvalue weighted by Crippen LogP contribution is -2.04. The van der Waals surface area contributed by atoms with Crippen LogP contribution >= 0.6 is 0 Å². The molecule has 0 spiro atoms. The Kier molecular flexibility index (Phi) is 1.70. The number of hydrogen-bond acceptors (Lipinski definition) is 2. The molecule has 2 nitrogen and oxygen atoms in total. The molecular weight excluding hydrogens is 104 g/mol. The van der Waals surface area contributed by atoms with Crippen molar-refractivity contribution >= 4 is 0 Å². The maximum absolute atomic E-state index is 4.94. The molecule has 0 unspecified atom stereocenters. The molecule has 0 N–H and O–H groups in total. The Bertz CT molecular complexity index is 104. The van der Waals surface area contributed by atoms with Gasteiger partial charge in [0.1, 0.15) is 0 Å². The molecule has 1 heterocycles. The van der Waals surface area contributed by atoms with Crippen molar-refractivity contribution in [1.82, 2.24) is 0 Å². The highest BCUT2D eigenvalue weighted by atomic mass is 16.5. The first-order valence-corrected chi connectivity index (χ1v) is 2.45. The molecule has 1 aliphatic rings. The summed E-state index contributed by atoms with van der Waals surface area (Å²) in [5.41, 5.74) is 0. The van der Waals surface area contributed by atoms with Crippen LogP contribution in [-0.2, 0) is 9.47 Å². The van der Waals surface area contributed by atoms with E-state index in [1.54, 1.807) is 19.6 Å².